The molecule has 0 atom stereocenters. The van der Waals surface area contributed by atoms with Crippen LogP contribution >= 0.6 is 0 Å². The van der Waals surface area contributed by atoms with Gasteiger partial charge in [-0.2, -0.15) is 0 Å². The largest absolute Gasteiger partial charge is 0.512 e. The van der Waals surface area contributed by atoms with Gasteiger partial charge in [0.25, 0.3) is 0 Å². The molecule has 0 aromatic heterocycles. The number of hydrogen-bond acceptors (Lipinski definition) is 2. The second kappa shape index (κ2) is 6.58. The van der Waals surface area contributed by atoms with Gasteiger partial charge in [-0.15, -0.1) is 0 Å². The molecule has 1 aliphatic rings. The molecule has 0 unspecified atom stereocenters. The maximum absolute atomic E-state index is 12.5. The van der Waals surface area contributed by atoms with Crippen LogP contribution in [0.2, 0.25) is 0 Å². The Balaban J connectivity index is 2.90. The molecule has 19 heavy (non-hydrogen) atoms. The van der Waals surface area contributed by atoms with Crippen molar-refractivity contribution in [1.82, 2.24) is 0 Å². The molecule has 1 aliphatic carbocycles. The quantitative estimate of drug-likeness (QED) is 0.531. The molecule has 2 nitrogen and oxygen atoms in total. The first-order valence-corrected chi connectivity index (χ1v) is 7.89. The summed E-state index contributed by atoms with van der Waals surface area (Å²) in [5, 5.41) is 10.4. The fourth-order valence-corrected chi connectivity index (χ4v) is 3.31. The van der Waals surface area contributed by atoms with E-state index in [0.29, 0.717) is 5.76 Å². The Kier molecular flexibility index (Phi) is 5.64. The minimum Gasteiger partial charge on any atom is -0.512 e. The third-order valence-electron chi connectivity index (χ3n) is 5.40. The molecule has 0 saturated heterocycles. The Bertz CT molecular complexity index is 323. The zero-order valence-electron chi connectivity index (χ0n) is 13.1. The second-order valence-corrected chi connectivity index (χ2v) is 6.36. The van der Waals surface area contributed by atoms with Gasteiger partial charge in [0.1, 0.15) is 5.76 Å². The van der Waals surface area contributed by atoms with Crippen molar-refractivity contribution in [2.45, 2.75) is 79.1 Å². The van der Waals surface area contributed by atoms with E-state index in [1.54, 1.807) is 6.08 Å². The fourth-order valence-electron chi connectivity index (χ4n) is 3.31. The molecule has 0 aromatic carbocycles. The number of allylic oxidation sites excluding steroid dienone is 2. The summed E-state index contributed by atoms with van der Waals surface area (Å²) in [6.07, 6.45) is 9.64. The minimum atomic E-state index is -0.279. The van der Waals surface area contributed by atoms with Gasteiger partial charge in [0.2, 0.25) is 0 Å². The lowest BCUT2D eigenvalue weighted by atomic mass is 9.71. The van der Waals surface area contributed by atoms with Crippen molar-refractivity contribution >= 4 is 5.78 Å². The van der Waals surface area contributed by atoms with Crippen LogP contribution in [0, 0.1) is 10.8 Å². The summed E-state index contributed by atoms with van der Waals surface area (Å²) in [4.78, 5) is 12.5. The Morgan fingerprint density at radius 1 is 1.11 bits per heavy atom. The maximum Gasteiger partial charge on any atom is 0.165 e. The van der Waals surface area contributed by atoms with E-state index in [-0.39, 0.29) is 16.6 Å². The molecule has 0 bridgehead atoms. The molecule has 0 heterocycles. The fraction of sp³-hybridized carbons (Fsp3) is 0.824. The van der Waals surface area contributed by atoms with Crippen molar-refractivity contribution in [2.24, 2.45) is 10.8 Å². The van der Waals surface area contributed by atoms with Crippen LogP contribution in [0.3, 0.4) is 0 Å². The zero-order valence-corrected chi connectivity index (χ0v) is 13.1. The Morgan fingerprint density at radius 2 is 1.58 bits per heavy atom. The number of rotatable bonds is 6. The highest BCUT2D eigenvalue weighted by atomic mass is 16.3. The Hall–Kier alpha value is -0.790. The van der Waals surface area contributed by atoms with Gasteiger partial charge in [-0.3, -0.25) is 4.79 Å². The molecule has 1 N–H and O–H groups in total. The van der Waals surface area contributed by atoms with Crippen molar-refractivity contribution in [2.75, 3.05) is 0 Å². The molecule has 110 valence electrons. The lowest BCUT2D eigenvalue weighted by Gasteiger charge is -2.34. The molecule has 0 radical (unpaired) electrons. The molecule has 1 saturated carbocycles. The van der Waals surface area contributed by atoms with E-state index in [2.05, 4.69) is 27.7 Å². The second-order valence-electron chi connectivity index (χ2n) is 6.36. The van der Waals surface area contributed by atoms with E-state index >= 15 is 0 Å². The molecule has 2 heteroatoms. The van der Waals surface area contributed by atoms with Gasteiger partial charge < -0.3 is 5.11 Å². The summed E-state index contributed by atoms with van der Waals surface area (Å²) >= 11 is 0. The van der Waals surface area contributed by atoms with E-state index in [4.69, 9.17) is 0 Å². The SMILES string of the molecule is CCC(CC)(CC)C(=O)/C=C(\O)C1(C)CCCCC1. The molecule has 0 aromatic rings. The van der Waals surface area contributed by atoms with Crippen LogP contribution in [-0.2, 0) is 4.79 Å². The first kappa shape index (κ1) is 16.3. The number of ketones is 1. The summed E-state index contributed by atoms with van der Waals surface area (Å²) in [6, 6.07) is 0. The van der Waals surface area contributed by atoms with Gasteiger partial charge in [0.15, 0.2) is 5.78 Å². The molecule has 0 spiro atoms. The summed E-state index contributed by atoms with van der Waals surface area (Å²) in [6.45, 7) is 8.30. The highest BCUT2D eigenvalue weighted by molar-refractivity contribution is 5.95. The topological polar surface area (TPSA) is 37.3 Å². The number of carbonyl (C=O) groups is 1. The maximum atomic E-state index is 12.5. The van der Waals surface area contributed by atoms with Gasteiger partial charge >= 0.3 is 0 Å². The number of carbonyl (C=O) groups excluding carboxylic acids is 1. The summed E-state index contributed by atoms with van der Waals surface area (Å²) < 4.78 is 0. The zero-order chi connectivity index (χ0) is 14.5. The van der Waals surface area contributed by atoms with Crippen LogP contribution in [0.5, 0.6) is 0 Å². The highest BCUT2D eigenvalue weighted by Gasteiger charge is 2.35. The average molecular weight is 266 g/mol. The van der Waals surface area contributed by atoms with E-state index in [0.717, 1.165) is 44.9 Å². The molecular weight excluding hydrogens is 236 g/mol. The first-order valence-electron chi connectivity index (χ1n) is 7.89. The molecule has 0 aliphatic heterocycles. The normalized spacial score (nSPS) is 20.3. The predicted octanol–water partition coefficient (Wildman–Crippen LogP) is 5.18. The van der Waals surface area contributed by atoms with Gasteiger partial charge in [-0.25, -0.2) is 0 Å². The van der Waals surface area contributed by atoms with Crippen molar-refractivity contribution in [3.63, 3.8) is 0 Å². The summed E-state index contributed by atoms with van der Waals surface area (Å²) in [5.74, 6) is 0.432. The van der Waals surface area contributed by atoms with E-state index in [1.807, 2.05) is 0 Å². The lowest BCUT2D eigenvalue weighted by Crippen LogP contribution is -2.30. The van der Waals surface area contributed by atoms with Crippen LogP contribution in [0.1, 0.15) is 79.1 Å². The van der Waals surface area contributed by atoms with Crippen molar-refractivity contribution in [3.05, 3.63) is 11.8 Å². The smallest absolute Gasteiger partial charge is 0.165 e. The molecule has 1 rings (SSSR count). The van der Waals surface area contributed by atoms with E-state index in [1.165, 1.54) is 6.42 Å². The molecule has 1 fully saturated rings. The van der Waals surface area contributed by atoms with E-state index < -0.39 is 0 Å². The lowest BCUT2D eigenvalue weighted by molar-refractivity contribution is -0.124. The van der Waals surface area contributed by atoms with Crippen molar-refractivity contribution < 1.29 is 9.90 Å². The van der Waals surface area contributed by atoms with Crippen LogP contribution in [0.15, 0.2) is 11.8 Å². The minimum absolute atomic E-state index is 0.115. The Morgan fingerprint density at radius 3 is 2.00 bits per heavy atom. The van der Waals surface area contributed by atoms with Crippen LogP contribution in [0.25, 0.3) is 0 Å². The standard InChI is InChI=1S/C17H30O2/c1-5-17(6-2,7-3)15(19)13-14(18)16(4)11-9-8-10-12-16/h13,18H,5-12H2,1-4H3/b14-13-. The van der Waals surface area contributed by atoms with Gasteiger partial charge in [0, 0.05) is 16.9 Å². The van der Waals surface area contributed by atoms with Gasteiger partial charge in [0.05, 0.1) is 0 Å². The summed E-state index contributed by atoms with van der Waals surface area (Å²) in [5.41, 5.74) is -0.451. The highest BCUT2D eigenvalue weighted by Crippen LogP contribution is 2.42. The van der Waals surface area contributed by atoms with Crippen LogP contribution in [0.4, 0.5) is 0 Å². The monoisotopic (exact) mass is 266 g/mol. The van der Waals surface area contributed by atoms with Gasteiger partial charge in [-0.05, 0) is 32.1 Å². The van der Waals surface area contributed by atoms with Crippen molar-refractivity contribution in [3.8, 4) is 0 Å². The number of hydrogen-bond donors (Lipinski definition) is 1. The number of aliphatic hydroxyl groups is 1. The van der Waals surface area contributed by atoms with Gasteiger partial charge in [-0.1, -0.05) is 47.0 Å². The Labute approximate surface area is 118 Å². The van der Waals surface area contributed by atoms with Crippen LogP contribution in [-0.4, -0.2) is 10.9 Å². The third kappa shape index (κ3) is 3.40. The number of aliphatic hydroxyl groups excluding tert-OH is 1. The molecule has 0 amide bonds. The average Bonchev–Trinajstić information content (AvgIpc) is 2.42. The van der Waals surface area contributed by atoms with Crippen molar-refractivity contribution in [1.29, 1.82) is 0 Å². The van der Waals surface area contributed by atoms with E-state index in [9.17, 15) is 9.90 Å². The predicted molar refractivity (Wildman–Crippen MR) is 80.2 cm³/mol. The summed E-state index contributed by atoms with van der Waals surface area (Å²) in [7, 11) is 0. The first-order chi connectivity index (χ1) is 8.94. The third-order valence-corrected chi connectivity index (χ3v) is 5.40. The molecular formula is C17H30O2. The van der Waals surface area contributed by atoms with Crippen LogP contribution < -0.4 is 0 Å².